The van der Waals surface area contributed by atoms with Crippen molar-refractivity contribution in [1.29, 1.82) is 0 Å². The highest BCUT2D eigenvalue weighted by atomic mass is 16.6. The zero-order valence-corrected chi connectivity index (χ0v) is 23.7. The molecule has 1 aliphatic heterocycles. The van der Waals surface area contributed by atoms with Crippen LogP contribution in [0, 0.1) is 0 Å². The Morgan fingerprint density at radius 1 is 0.488 bits per heavy atom. The minimum absolute atomic E-state index is 0.0476. The smallest absolute Gasteiger partial charge is 0.208 e. The molecule has 0 aromatic heterocycles. The number of ether oxygens (including phenoxy) is 4. The average molecular weight is 551 g/mol. The van der Waals surface area contributed by atoms with Gasteiger partial charge in [0.05, 0.1) is 26.4 Å². The van der Waals surface area contributed by atoms with E-state index in [9.17, 15) is 0 Å². The molecule has 1 N–H and O–H groups in total. The molecule has 0 saturated heterocycles. The molecule has 41 heavy (non-hydrogen) atoms. The molecule has 5 nitrogen and oxygen atoms in total. The third-order valence-corrected chi connectivity index (χ3v) is 7.38. The highest BCUT2D eigenvalue weighted by Gasteiger charge is 2.48. The van der Waals surface area contributed by atoms with Crippen LogP contribution in [0.3, 0.4) is 0 Å². The van der Waals surface area contributed by atoms with Crippen LogP contribution in [0.25, 0.3) is 0 Å². The number of rotatable bonds is 14. The highest BCUT2D eigenvalue weighted by molar-refractivity contribution is 5.86. The third kappa shape index (κ3) is 8.44. The Kier molecular flexibility index (Phi) is 10.9. The van der Waals surface area contributed by atoms with Crippen LogP contribution >= 0.6 is 0 Å². The molecule has 0 radical (unpaired) electrons. The molecule has 0 bridgehead atoms. The van der Waals surface area contributed by atoms with Gasteiger partial charge in [0.15, 0.2) is 12.1 Å². The lowest BCUT2D eigenvalue weighted by Gasteiger charge is -2.37. The van der Waals surface area contributed by atoms with Gasteiger partial charge >= 0.3 is 0 Å². The maximum atomic E-state index is 6.73. The molecule has 1 aliphatic rings. The fourth-order valence-corrected chi connectivity index (χ4v) is 5.20. The first-order chi connectivity index (χ1) is 20.3. The molecule has 0 spiro atoms. The normalized spacial score (nSPS) is 20.5. The van der Waals surface area contributed by atoms with E-state index in [0.29, 0.717) is 33.0 Å². The highest BCUT2D eigenvalue weighted by Crippen LogP contribution is 2.23. The van der Waals surface area contributed by atoms with Crippen molar-refractivity contribution < 1.29 is 23.9 Å². The van der Waals surface area contributed by atoms with Gasteiger partial charge in [-0.1, -0.05) is 128 Å². The molecule has 5 rings (SSSR count). The Hall–Kier alpha value is -3.61. The van der Waals surface area contributed by atoms with E-state index < -0.39 is 0 Å². The van der Waals surface area contributed by atoms with Crippen LogP contribution in [-0.2, 0) is 45.4 Å². The van der Waals surface area contributed by atoms with E-state index in [-0.39, 0.29) is 24.4 Å². The van der Waals surface area contributed by atoms with Crippen LogP contribution in [-0.4, -0.2) is 36.7 Å². The van der Waals surface area contributed by atoms with Gasteiger partial charge in [-0.05, 0) is 22.3 Å². The van der Waals surface area contributed by atoms with Gasteiger partial charge in [-0.25, -0.2) is 4.99 Å². The van der Waals surface area contributed by atoms with Gasteiger partial charge in [0.25, 0.3) is 0 Å². The summed E-state index contributed by atoms with van der Waals surface area (Å²) in [5.41, 5.74) is 5.48. The summed E-state index contributed by atoms with van der Waals surface area (Å²) in [4.78, 5) is 3.75. The van der Waals surface area contributed by atoms with Crippen molar-refractivity contribution in [3.63, 3.8) is 0 Å². The van der Waals surface area contributed by atoms with Crippen molar-refractivity contribution >= 4 is 5.71 Å². The molecular weight excluding hydrogens is 510 g/mol. The van der Waals surface area contributed by atoms with Crippen LogP contribution in [0.15, 0.2) is 121 Å². The van der Waals surface area contributed by atoms with Gasteiger partial charge < -0.3 is 18.9 Å². The lowest BCUT2D eigenvalue weighted by Crippen LogP contribution is -2.90. The average Bonchev–Trinajstić information content (AvgIpc) is 3.04. The molecule has 2 unspecified atom stereocenters. The largest absolute Gasteiger partial charge is 0.367 e. The second kappa shape index (κ2) is 15.4. The van der Waals surface area contributed by atoms with Gasteiger partial charge in [0.1, 0.15) is 18.8 Å². The zero-order chi connectivity index (χ0) is 28.1. The minimum atomic E-state index is -0.363. The number of hydrogen-bond donors (Lipinski definition) is 1. The Labute approximate surface area is 243 Å². The topological polar surface area (TPSA) is 50.9 Å². The van der Waals surface area contributed by atoms with E-state index in [2.05, 4.69) is 60.4 Å². The second-order valence-corrected chi connectivity index (χ2v) is 10.4. The van der Waals surface area contributed by atoms with E-state index in [1.54, 1.807) is 0 Å². The van der Waals surface area contributed by atoms with E-state index in [0.717, 1.165) is 34.4 Å². The molecule has 0 saturated carbocycles. The molecule has 4 aromatic carbocycles. The molecule has 212 valence electrons. The summed E-state index contributed by atoms with van der Waals surface area (Å²) in [5, 5.41) is 0. The molecule has 0 aliphatic carbocycles. The zero-order valence-electron chi connectivity index (χ0n) is 23.7. The molecule has 4 atom stereocenters. The maximum absolute atomic E-state index is 6.73. The first-order valence-electron chi connectivity index (χ1n) is 14.5. The van der Waals surface area contributed by atoms with Crippen LogP contribution in [0.1, 0.15) is 35.6 Å². The second-order valence-electron chi connectivity index (χ2n) is 10.4. The predicted molar refractivity (Wildman–Crippen MR) is 161 cm³/mol. The summed E-state index contributed by atoms with van der Waals surface area (Å²) >= 11 is 0. The molecule has 0 fully saturated rings. The summed E-state index contributed by atoms with van der Waals surface area (Å²) in [5.74, 6) is 0. The quantitative estimate of drug-likeness (QED) is 0.232. The summed E-state index contributed by atoms with van der Waals surface area (Å²) in [6, 6.07) is 41.1. The number of nitrogens with one attached hydrogen (secondary N) is 1. The molecule has 4 aromatic rings. The SMILES string of the molecule is CC[C@@H]1[NH+]=C(COCc2ccccc2)[C@H](OCc2ccccc2)C(OCc2ccccc2)C1OCc1ccccc1. The van der Waals surface area contributed by atoms with E-state index in [1.807, 2.05) is 72.8 Å². The molecular formula is C36H40NO4+. The van der Waals surface area contributed by atoms with Crippen molar-refractivity contribution in [3.05, 3.63) is 144 Å². The third-order valence-electron chi connectivity index (χ3n) is 7.38. The number of benzene rings is 4. The van der Waals surface area contributed by atoms with E-state index in [1.165, 1.54) is 0 Å². The Bertz CT molecular complexity index is 1320. The molecule has 1 heterocycles. The fraction of sp³-hybridized carbons (Fsp3) is 0.306. The first-order valence-corrected chi connectivity index (χ1v) is 14.5. The van der Waals surface area contributed by atoms with E-state index >= 15 is 0 Å². The minimum Gasteiger partial charge on any atom is -0.367 e. The monoisotopic (exact) mass is 550 g/mol. The van der Waals surface area contributed by atoms with Crippen LogP contribution in [0.2, 0.25) is 0 Å². The van der Waals surface area contributed by atoms with Gasteiger partial charge in [0.2, 0.25) is 5.71 Å². The van der Waals surface area contributed by atoms with Crippen molar-refractivity contribution in [2.24, 2.45) is 0 Å². The van der Waals surface area contributed by atoms with Crippen molar-refractivity contribution in [3.8, 4) is 0 Å². The number of hydrogen-bond acceptors (Lipinski definition) is 4. The van der Waals surface area contributed by atoms with Crippen LogP contribution < -0.4 is 4.99 Å². The summed E-state index contributed by atoms with van der Waals surface area (Å²) in [7, 11) is 0. The Morgan fingerprint density at radius 3 is 1.37 bits per heavy atom. The standard InChI is InChI=1S/C36H39NO4/c1-2-32-34(39-24-29-17-9-4-10-18-29)36(41-26-31-21-13-6-14-22-31)35(40-25-30-19-11-5-12-20-30)33(37-32)27-38-23-28-15-7-3-8-16-28/h3-22,32,34-36H,2,23-27H2,1H3/p+1/t32-,34?,35-,36?/m0/s1. The lowest BCUT2D eigenvalue weighted by molar-refractivity contribution is -0.537. The van der Waals surface area contributed by atoms with Gasteiger partial charge in [0, 0.05) is 6.42 Å². The van der Waals surface area contributed by atoms with Gasteiger partial charge in [-0.3, -0.25) is 0 Å². The van der Waals surface area contributed by atoms with Crippen LogP contribution in [0.4, 0.5) is 0 Å². The molecule has 0 amide bonds. The van der Waals surface area contributed by atoms with Gasteiger partial charge in [-0.2, -0.15) is 0 Å². The summed E-state index contributed by atoms with van der Waals surface area (Å²) < 4.78 is 26.3. The van der Waals surface area contributed by atoms with E-state index in [4.69, 9.17) is 18.9 Å². The summed E-state index contributed by atoms with van der Waals surface area (Å²) in [6.45, 7) is 4.55. The van der Waals surface area contributed by atoms with Crippen molar-refractivity contribution in [1.82, 2.24) is 0 Å². The van der Waals surface area contributed by atoms with Crippen molar-refractivity contribution in [2.45, 2.75) is 64.1 Å². The Morgan fingerprint density at radius 2 is 0.902 bits per heavy atom. The molecule has 5 heteroatoms. The Balaban J connectivity index is 1.41. The first kappa shape index (κ1) is 28.9. The van der Waals surface area contributed by atoms with Crippen LogP contribution in [0.5, 0.6) is 0 Å². The lowest BCUT2D eigenvalue weighted by atomic mass is 9.91. The maximum Gasteiger partial charge on any atom is 0.208 e. The van der Waals surface area contributed by atoms with Gasteiger partial charge in [-0.15, -0.1) is 0 Å². The predicted octanol–water partition coefficient (Wildman–Crippen LogP) is 5.27. The summed E-state index contributed by atoms with van der Waals surface area (Å²) in [6.07, 6.45) is -0.0388. The van der Waals surface area contributed by atoms with Crippen molar-refractivity contribution in [2.75, 3.05) is 6.61 Å². The fourth-order valence-electron chi connectivity index (χ4n) is 5.20.